The van der Waals surface area contributed by atoms with E-state index in [1.54, 1.807) is 0 Å². The molecular weight excluding hydrogens is 408 g/mol. The third-order valence-corrected chi connectivity index (χ3v) is 5.12. The Hall–Kier alpha value is -1.07. The molecular formula is C22H35BrO4. The largest absolute Gasteiger partial charge is 0.493 e. The second-order valence-electron chi connectivity index (χ2n) is 7.59. The summed E-state index contributed by atoms with van der Waals surface area (Å²) in [6.45, 7) is 4.18. The zero-order valence-corrected chi connectivity index (χ0v) is 18.6. The van der Waals surface area contributed by atoms with Gasteiger partial charge in [-0.2, -0.15) is 0 Å². The molecule has 0 atom stereocenters. The van der Waals surface area contributed by atoms with E-state index < -0.39 is 5.60 Å². The number of aryl methyl sites for hydroxylation is 1. The Morgan fingerprint density at radius 2 is 1.85 bits per heavy atom. The number of carbonyl (C=O) groups excluding carboxylic acids is 1. The number of hydrogen-bond donors (Lipinski definition) is 1. The van der Waals surface area contributed by atoms with E-state index >= 15 is 0 Å². The molecule has 0 aliphatic heterocycles. The number of ether oxygens (including phenoxy) is 2. The maximum atomic E-state index is 11.6. The molecule has 0 heterocycles. The van der Waals surface area contributed by atoms with Crippen LogP contribution in [0.3, 0.4) is 0 Å². The summed E-state index contributed by atoms with van der Waals surface area (Å²) in [6.07, 6.45) is 8.25. The fourth-order valence-corrected chi connectivity index (χ4v) is 3.44. The summed E-state index contributed by atoms with van der Waals surface area (Å²) in [5.74, 6) is 0.655. The average Bonchev–Trinajstić information content (AvgIpc) is 2.63. The molecule has 5 heteroatoms. The second kappa shape index (κ2) is 13.2. The van der Waals surface area contributed by atoms with E-state index in [0.29, 0.717) is 25.9 Å². The first-order chi connectivity index (χ1) is 12.9. The van der Waals surface area contributed by atoms with Crippen molar-refractivity contribution in [3.05, 3.63) is 29.3 Å². The molecule has 0 aliphatic carbocycles. The number of halogens is 1. The molecule has 4 nitrogen and oxygen atoms in total. The van der Waals surface area contributed by atoms with Crippen LogP contribution in [-0.2, 0) is 22.4 Å². The average molecular weight is 443 g/mol. The van der Waals surface area contributed by atoms with Crippen molar-refractivity contribution in [2.75, 3.05) is 19.0 Å². The standard InChI is InChI=1S/C22H35BrO4/c1-22(2,25)15-9-17-27-20-12-8-11-18(10-6-4-5-7-16-23)19(20)13-14-21(24)26-3/h8,11-12,25H,4-7,9-10,13-17H2,1-3H3. The summed E-state index contributed by atoms with van der Waals surface area (Å²) in [7, 11) is 1.42. The zero-order valence-electron chi connectivity index (χ0n) is 17.1. The van der Waals surface area contributed by atoms with E-state index in [9.17, 15) is 9.90 Å². The molecule has 0 fully saturated rings. The molecule has 0 saturated carbocycles. The SMILES string of the molecule is COC(=O)CCc1c(CCCCCCBr)cccc1OCCCC(C)(C)O. The minimum absolute atomic E-state index is 0.199. The highest BCUT2D eigenvalue weighted by molar-refractivity contribution is 9.09. The van der Waals surface area contributed by atoms with Gasteiger partial charge in [0.05, 0.1) is 19.3 Å². The number of carbonyl (C=O) groups is 1. The van der Waals surface area contributed by atoms with E-state index in [-0.39, 0.29) is 5.97 Å². The molecule has 1 rings (SSSR count). The van der Waals surface area contributed by atoms with Gasteiger partial charge in [-0.05, 0) is 69.6 Å². The Morgan fingerprint density at radius 1 is 1.11 bits per heavy atom. The Balaban J connectivity index is 2.73. The van der Waals surface area contributed by atoms with Gasteiger partial charge in [0, 0.05) is 11.8 Å². The number of alkyl halides is 1. The monoisotopic (exact) mass is 442 g/mol. The van der Waals surface area contributed by atoms with Crippen LogP contribution in [0.2, 0.25) is 0 Å². The van der Waals surface area contributed by atoms with Crippen LogP contribution in [-0.4, -0.2) is 35.7 Å². The van der Waals surface area contributed by atoms with Crippen molar-refractivity contribution in [1.82, 2.24) is 0 Å². The van der Waals surface area contributed by atoms with Crippen molar-refractivity contribution in [2.45, 2.75) is 77.2 Å². The number of rotatable bonds is 14. The molecule has 1 aromatic carbocycles. The minimum Gasteiger partial charge on any atom is -0.493 e. The Bertz CT molecular complexity index is 552. The van der Waals surface area contributed by atoms with Gasteiger partial charge < -0.3 is 14.6 Å². The van der Waals surface area contributed by atoms with Crippen LogP contribution >= 0.6 is 15.9 Å². The number of benzene rings is 1. The lowest BCUT2D eigenvalue weighted by Crippen LogP contribution is -2.19. The second-order valence-corrected chi connectivity index (χ2v) is 8.38. The van der Waals surface area contributed by atoms with Crippen LogP contribution in [0, 0.1) is 0 Å². The predicted molar refractivity (Wildman–Crippen MR) is 114 cm³/mol. The fraction of sp³-hybridized carbons (Fsp3) is 0.682. The van der Waals surface area contributed by atoms with Gasteiger partial charge in [0.25, 0.3) is 0 Å². The summed E-state index contributed by atoms with van der Waals surface area (Å²) >= 11 is 3.47. The first-order valence-electron chi connectivity index (χ1n) is 9.96. The molecule has 0 aliphatic rings. The maximum Gasteiger partial charge on any atom is 0.305 e. The highest BCUT2D eigenvalue weighted by atomic mass is 79.9. The number of aliphatic hydroxyl groups is 1. The van der Waals surface area contributed by atoms with Gasteiger partial charge in [-0.1, -0.05) is 40.9 Å². The van der Waals surface area contributed by atoms with Crippen LogP contribution in [0.15, 0.2) is 18.2 Å². The van der Waals surface area contributed by atoms with Gasteiger partial charge in [-0.15, -0.1) is 0 Å². The quantitative estimate of drug-likeness (QED) is 0.243. The van der Waals surface area contributed by atoms with E-state index in [1.165, 1.54) is 31.9 Å². The first-order valence-corrected chi connectivity index (χ1v) is 11.1. The van der Waals surface area contributed by atoms with Crippen molar-refractivity contribution >= 4 is 21.9 Å². The normalized spacial score (nSPS) is 11.4. The molecule has 1 aromatic rings. The van der Waals surface area contributed by atoms with Crippen LogP contribution in [0.1, 0.15) is 69.9 Å². The smallest absolute Gasteiger partial charge is 0.305 e. The summed E-state index contributed by atoms with van der Waals surface area (Å²) in [5, 5.41) is 10.9. The molecule has 0 radical (unpaired) electrons. The van der Waals surface area contributed by atoms with Gasteiger partial charge in [0.15, 0.2) is 0 Å². The third-order valence-electron chi connectivity index (χ3n) is 4.56. The lowest BCUT2D eigenvalue weighted by atomic mass is 9.96. The number of esters is 1. The summed E-state index contributed by atoms with van der Waals surface area (Å²) in [5.41, 5.74) is 1.71. The van der Waals surface area contributed by atoms with Crippen molar-refractivity contribution in [1.29, 1.82) is 0 Å². The lowest BCUT2D eigenvalue weighted by molar-refractivity contribution is -0.140. The molecule has 0 spiro atoms. The highest BCUT2D eigenvalue weighted by Gasteiger charge is 2.14. The van der Waals surface area contributed by atoms with E-state index in [1.807, 2.05) is 26.0 Å². The Labute approximate surface area is 172 Å². The maximum absolute atomic E-state index is 11.6. The minimum atomic E-state index is -0.673. The van der Waals surface area contributed by atoms with Crippen LogP contribution in [0.25, 0.3) is 0 Å². The molecule has 0 amide bonds. The number of methoxy groups -OCH3 is 1. The molecule has 0 bridgehead atoms. The lowest BCUT2D eigenvalue weighted by Gasteiger charge is -2.18. The van der Waals surface area contributed by atoms with Crippen molar-refractivity contribution in [3.63, 3.8) is 0 Å². The summed E-state index contributed by atoms with van der Waals surface area (Å²) in [4.78, 5) is 11.6. The summed E-state index contributed by atoms with van der Waals surface area (Å²) in [6, 6.07) is 6.15. The van der Waals surface area contributed by atoms with Crippen molar-refractivity contribution in [3.8, 4) is 5.75 Å². The molecule has 0 aromatic heterocycles. The molecule has 154 valence electrons. The van der Waals surface area contributed by atoms with E-state index in [0.717, 1.165) is 35.9 Å². The summed E-state index contributed by atoms with van der Waals surface area (Å²) < 4.78 is 10.8. The van der Waals surface area contributed by atoms with Crippen molar-refractivity contribution < 1.29 is 19.4 Å². The number of unbranched alkanes of at least 4 members (excludes halogenated alkanes) is 3. The highest BCUT2D eigenvalue weighted by Crippen LogP contribution is 2.26. The zero-order chi connectivity index (χ0) is 20.1. The first kappa shape index (κ1) is 24.0. The number of hydrogen-bond acceptors (Lipinski definition) is 4. The van der Waals surface area contributed by atoms with E-state index in [2.05, 4.69) is 22.0 Å². The fourth-order valence-electron chi connectivity index (χ4n) is 3.04. The van der Waals surface area contributed by atoms with Crippen LogP contribution in [0.5, 0.6) is 5.75 Å². The predicted octanol–water partition coefficient (Wildman–Crippen LogP) is 5.22. The molecule has 0 saturated heterocycles. The molecule has 27 heavy (non-hydrogen) atoms. The Morgan fingerprint density at radius 3 is 2.52 bits per heavy atom. The van der Waals surface area contributed by atoms with Gasteiger partial charge in [0.1, 0.15) is 5.75 Å². The van der Waals surface area contributed by atoms with Crippen LogP contribution in [0.4, 0.5) is 0 Å². The van der Waals surface area contributed by atoms with Crippen LogP contribution < -0.4 is 4.74 Å². The van der Waals surface area contributed by atoms with Gasteiger partial charge >= 0.3 is 5.97 Å². The Kier molecular flexibility index (Phi) is 11.7. The van der Waals surface area contributed by atoms with Gasteiger partial charge in [-0.25, -0.2) is 0 Å². The topological polar surface area (TPSA) is 55.8 Å². The van der Waals surface area contributed by atoms with Crippen molar-refractivity contribution in [2.24, 2.45) is 0 Å². The third kappa shape index (κ3) is 10.7. The van der Waals surface area contributed by atoms with Gasteiger partial charge in [0.2, 0.25) is 0 Å². The van der Waals surface area contributed by atoms with Gasteiger partial charge in [-0.3, -0.25) is 4.79 Å². The molecule has 0 unspecified atom stereocenters. The van der Waals surface area contributed by atoms with E-state index in [4.69, 9.17) is 9.47 Å². The molecule has 1 N–H and O–H groups in total.